The summed E-state index contributed by atoms with van der Waals surface area (Å²) in [7, 11) is 1.85. The van der Waals surface area contributed by atoms with Gasteiger partial charge in [0.25, 0.3) is 0 Å². The number of piperidine rings is 1. The van der Waals surface area contributed by atoms with Crippen LogP contribution in [-0.2, 0) is 0 Å². The number of hydrogen-bond donors (Lipinski definition) is 2. The Hall–Kier alpha value is -1.28. The zero-order valence-corrected chi connectivity index (χ0v) is 17.9. The van der Waals surface area contributed by atoms with Gasteiger partial charge in [-0.2, -0.15) is 0 Å². The number of aliphatic imine (C=N–C) groups is 1. The molecule has 0 amide bonds. The van der Waals surface area contributed by atoms with Crippen LogP contribution in [0.3, 0.4) is 0 Å². The summed E-state index contributed by atoms with van der Waals surface area (Å²) in [5.74, 6) is 2.40. The van der Waals surface area contributed by atoms with Gasteiger partial charge in [-0.15, -0.1) is 30.6 Å². The van der Waals surface area contributed by atoms with E-state index < -0.39 is 0 Å². The van der Waals surface area contributed by atoms with Gasteiger partial charge < -0.3 is 15.4 Å². The van der Waals surface area contributed by atoms with E-state index >= 15 is 0 Å². The molecule has 2 aliphatic rings. The summed E-state index contributed by atoms with van der Waals surface area (Å²) in [5.41, 5.74) is 1.30. The van der Waals surface area contributed by atoms with Crippen LogP contribution in [0, 0.1) is 0 Å². The molecule has 6 heteroatoms. The fourth-order valence-electron chi connectivity index (χ4n) is 3.68. The molecule has 144 valence electrons. The number of likely N-dealkylation sites (tertiary alicyclic amines) is 1. The van der Waals surface area contributed by atoms with Crippen LogP contribution in [-0.4, -0.2) is 56.7 Å². The molecule has 26 heavy (non-hydrogen) atoms. The summed E-state index contributed by atoms with van der Waals surface area (Å²) in [6, 6.07) is 8.85. The number of nitrogens with zero attached hydrogens (tertiary/aromatic N) is 2. The monoisotopic (exact) mass is 470 g/mol. The van der Waals surface area contributed by atoms with Crippen molar-refractivity contribution in [2.24, 2.45) is 4.99 Å². The normalized spacial score (nSPS) is 21.1. The van der Waals surface area contributed by atoms with Crippen LogP contribution in [0.15, 0.2) is 41.9 Å². The third-order valence-corrected chi connectivity index (χ3v) is 5.14. The quantitative estimate of drug-likeness (QED) is 0.301. The second-order valence-corrected chi connectivity index (χ2v) is 6.83. The molecule has 2 aliphatic heterocycles. The van der Waals surface area contributed by atoms with E-state index in [2.05, 4.69) is 45.3 Å². The van der Waals surface area contributed by atoms with Gasteiger partial charge in [0.2, 0.25) is 0 Å². The van der Waals surface area contributed by atoms with Crippen LogP contribution in [0.5, 0.6) is 5.75 Å². The minimum Gasteiger partial charge on any atom is -0.493 e. The Morgan fingerprint density at radius 1 is 1.31 bits per heavy atom. The maximum atomic E-state index is 5.75. The summed E-state index contributed by atoms with van der Waals surface area (Å²) < 4.78 is 5.75. The second kappa shape index (κ2) is 10.8. The molecule has 0 aromatic heterocycles. The van der Waals surface area contributed by atoms with Gasteiger partial charge in [0, 0.05) is 45.2 Å². The Balaban J connectivity index is 0.00000243. The van der Waals surface area contributed by atoms with Crippen molar-refractivity contribution in [3.63, 3.8) is 0 Å². The van der Waals surface area contributed by atoms with Gasteiger partial charge in [0.05, 0.1) is 6.61 Å². The summed E-state index contributed by atoms with van der Waals surface area (Å²) >= 11 is 0. The molecule has 1 aromatic carbocycles. The number of para-hydroxylation sites is 1. The molecule has 0 spiro atoms. The lowest BCUT2D eigenvalue weighted by Crippen LogP contribution is -2.49. The number of rotatable bonds is 5. The summed E-state index contributed by atoms with van der Waals surface area (Å²) in [4.78, 5) is 6.86. The Morgan fingerprint density at radius 3 is 2.81 bits per heavy atom. The summed E-state index contributed by atoms with van der Waals surface area (Å²) in [6.07, 6.45) is 5.32. The Bertz CT molecular complexity index is 599. The van der Waals surface area contributed by atoms with Crippen LogP contribution in [0.4, 0.5) is 0 Å². The highest BCUT2D eigenvalue weighted by molar-refractivity contribution is 14.0. The maximum Gasteiger partial charge on any atom is 0.191 e. The zero-order valence-electron chi connectivity index (χ0n) is 15.6. The van der Waals surface area contributed by atoms with Crippen molar-refractivity contribution in [1.82, 2.24) is 15.5 Å². The van der Waals surface area contributed by atoms with Crippen molar-refractivity contribution in [2.75, 3.05) is 39.8 Å². The average molecular weight is 470 g/mol. The number of hydrogen-bond acceptors (Lipinski definition) is 3. The SMILES string of the molecule is C=CCN1CCC(NC(=NC)NCC2CCOc3ccccc32)CC1.I. The number of guanidine groups is 1. The van der Waals surface area contributed by atoms with Crippen LogP contribution in [0.25, 0.3) is 0 Å². The van der Waals surface area contributed by atoms with Crippen molar-refractivity contribution in [1.29, 1.82) is 0 Å². The van der Waals surface area contributed by atoms with Crippen LogP contribution < -0.4 is 15.4 Å². The molecule has 2 N–H and O–H groups in total. The minimum atomic E-state index is 0. The summed E-state index contributed by atoms with van der Waals surface area (Å²) in [5, 5.41) is 7.10. The smallest absolute Gasteiger partial charge is 0.191 e. The topological polar surface area (TPSA) is 48.9 Å². The van der Waals surface area contributed by atoms with Crippen molar-refractivity contribution in [3.8, 4) is 5.75 Å². The molecule has 5 nitrogen and oxygen atoms in total. The molecule has 1 fully saturated rings. The lowest BCUT2D eigenvalue weighted by molar-refractivity contribution is 0.225. The molecular weight excluding hydrogens is 439 g/mol. The second-order valence-electron chi connectivity index (χ2n) is 6.83. The number of nitrogens with one attached hydrogen (secondary N) is 2. The van der Waals surface area contributed by atoms with E-state index in [1.807, 2.05) is 19.2 Å². The van der Waals surface area contributed by atoms with Gasteiger partial charge in [-0.3, -0.25) is 9.89 Å². The van der Waals surface area contributed by atoms with Gasteiger partial charge >= 0.3 is 0 Å². The van der Waals surface area contributed by atoms with Gasteiger partial charge in [0.1, 0.15) is 5.75 Å². The number of halogens is 1. The minimum absolute atomic E-state index is 0. The van der Waals surface area contributed by atoms with E-state index in [0.29, 0.717) is 12.0 Å². The predicted octanol–water partition coefficient (Wildman–Crippen LogP) is 2.99. The molecule has 1 atom stereocenters. The predicted molar refractivity (Wildman–Crippen MR) is 119 cm³/mol. The first kappa shape index (κ1) is 21.0. The number of ether oxygens (including phenoxy) is 1. The molecule has 0 saturated carbocycles. The fourth-order valence-corrected chi connectivity index (χ4v) is 3.68. The molecule has 0 radical (unpaired) electrons. The van der Waals surface area contributed by atoms with Gasteiger partial charge in [-0.1, -0.05) is 24.3 Å². The van der Waals surface area contributed by atoms with E-state index in [1.165, 1.54) is 5.56 Å². The molecule has 1 saturated heterocycles. The van der Waals surface area contributed by atoms with Crippen molar-refractivity contribution in [2.45, 2.75) is 31.2 Å². The van der Waals surface area contributed by atoms with E-state index in [-0.39, 0.29) is 24.0 Å². The van der Waals surface area contributed by atoms with E-state index in [4.69, 9.17) is 4.74 Å². The molecule has 0 aliphatic carbocycles. The molecular formula is C20H31IN4O. The molecule has 1 aromatic rings. The van der Waals surface area contributed by atoms with Gasteiger partial charge in [-0.05, 0) is 30.9 Å². The maximum absolute atomic E-state index is 5.75. The Labute approximate surface area is 174 Å². The van der Waals surface area contributed by atoms with Crippen molar-refractivity contribution < 1.29 is 4.74 Å². The number of fused-ring (bicyclic) bond motifs is 1. The highest BCUT2D eigenvalue weighted by Gasteiger charge is 2.22. The van der Waals surface area contributed by atoms with Crippen LogP contribution in [0.2, 0.25) is 0 Å². The molecule has 3 rings (SSSR count). The van der Waals surface area contributed by atoms with E-state index in [0.717, 1.165) is 63.8 Å². The largest absolute Gasteiger partial charge is 0.493 e. The van der Waals surface area contributed by atoms with Gasteiger partial charge in [-0.25, -0.2) is 0 Å². The fraction of sp³-hybridized carbons (Fsp3) is 0.550. The first-order chi connectivity index (χ1) is 12.3. The standard InChI is InChI=1S/C20H30N4O.HI/c1-3-11-24-12-8-17(9-13-24)23-20(21-2)22-15-16-10-14-25-19-7-5-4-6-18(16)19;/h3-7,16-17H,1,8-15H2,2H3,(H2,21,22,23);1H. The third kappa shape index (κ3) is 5.61. The third-order valence-electron chi connectivity index (χ3n) is 5.14. The molecule has 0 bridgehead atoms. The highest BCUT2D eigenvalue weighted by Crippen LogP contribution is 2.32. The van der Waals surface area contributed by atoms with E-state index in [1.54, 1.807) is 0 Å². The van der Waals surface area contributed by atoms with Crippen LogP contribution >= 0.6 is 24.0 Å². The van der Waals surface area contributed by atoms with Crippen molar-refractivity contribution in [3.05, 3.63) is 42.5 Å². The average Bonchev–Trinajstić information content (AvgIpc) is 2.66. The number of benzene rings is 1. The summed E-state index contributed by atoms with van der Waals surface area (Å²) in [6.45, 7) is 8.73. The Morgan fingerprint density at radius 2 is 2.08 bits per heavy atom. The molecule has 2 heterocycles. The van der Waals surface area contributed by atoms with Crippen LogP contribution in [0.1, 0.15) is 30.7 Å². The zero-order chi connectivity index (χ0) is 17.5. The first-order valence-electron chi connectivity index (χ1n) is 9.32. The first-order valence-corrected chi connectivity index (χ1v) is 9.32. The highest BCUT2D eigenvalue weighted by atomic mass is 127. The van der Waals surface area contributed by atoms with E-state index in [9.17, 15) is 0 Å². The lowest BCUT2D eigenvalue weighted by atomic mass is 9.93. The van der Waals surface area contributed by atoms with Gasteiger partial charge in [0.15, 0.2) is 5.96 Å². The molecule has 1 unspecified atom stereocenters. The Kier molecular flexibility index (Phi) is 8.71. The van der Waals surface area contributed by atoms with Crippen molar-refractivity contribution >= 4 is 29.9 Å². The lowest BCUT2D eigenvalue weighted by Gasteiger charge is -2.33.